The third-order valence-electron chi connectivity index (χ3n) is 2.67. The van der Waals surface area contributed by atoms with E-state index in [0.29, 0.717) is 0 Å². The van der Waals surface area contributed by atoms with E-state index in [1.807, 2.05) is 0 Å². The van der Waals surface area contributed by atoms with Gasteiger partial charge in [0.1, 0.15) is 11.6 Å². The fourth-order valence-corrected chi connectivity index (χ4v) is 1.84. The van der Waals surface area contributed by atoms with E-state index in [1.54, 1.807) is 20.9 Å². The Bertz CT molecular complexity index is 455. The molecular weight excluding hydrogens is 252 g/mol. The Kier molecular flexibility index (Phi) is 5.00. The molecule has 0 fully saturated rings. The minimum absolute atomic E-state index is 0.0763. The smallest absolute Gasteiger partial charge is 0.222 e. The highest BCUT2D eigenvalue weighted by molar-refractivity contribution is 5.76. The molecule has 19 heavy (non-hydrogen) atoms. The first-order chi connectivity index (χ1) is 8.69. The number of hydrogen-bond acceptors (Lipinski definition) is 2. The van der Waals surface area contributed by atoms with Crippen LogP contribution in [0, 0.1) is 11.6 Å². The fourth-order valence-electron chi connectivity index (χ4n) is 1.84. The van der Waals surface area contributed by atoms with Gasteiger partial charge in [-0.1, -0.05) is 0 Å². The molecule has 0 bridgehead atoms. The highest BCUT2D eigenvalue weighted by atomic mass is 19.1. The lowest BCUT2D eigenvalue weighted by Gasteiger charge is -2.25. The van der Waals surface area contributed by atoms with Crippen molar-refractivity contribution < 1.29 is 18.7 Å². The van der Waals surface area contributed by atoms with E-state index in [4.69, 9.17) is 0 Å². The quantitative estimate of drug-likeness (QED) is 0.891. The molecule has 0 radical (unpaired) electrons. The zero-order valence-electron chi connectivity index (χ0n) is 11.4. The number of aryl methyl sites for hydroxylation is 1. The third-order valence-corrected chi connectivity index (χ3v) is 2.67. The Hall–Kier alpha value is -1.49. The van der Waals surface area contributed by atoms with E-state index < -0.39 is 17.2 Å². The summed E-state index contributed by atoms with van der Waals surface area (Å²) in [6.45, 7) is 3.39. The second-order valence-electron chi connectivity index (χ2n) is 5.30. The van der Waals surface area contributed by atoms with Crippen molar-refractivity contribution in [2.75, 3.05) is 13.6 Å². The van der Waals surface area contributed by atoms with Gasteiger partial charge in [0.05, 0.1) is 5.60 Å². The lowest BCUT2D eigenvalue weighted by atomic mass is 10.1. The Balaban J connectivity index is 2.57. The fraction of sp³-hybridized carbons (Fsp3) is 0.500. The second kappa shape index (κ2) is 6.10. The van der Waals surface area contributed by atoms with Gasteiger partial charge in [-0.15, -0.1) is 0 Å². The molecule has 1 N–H and O–H groups in total. The van der Waals surface area contributed by atoms with Crippen molar-refractivity contribution in [3.8, 4) is 0 Å². The van der Waals surface area contributed by atoms with Crippen LogP contribution in [0.5, 0.6) is 0 Å². The van der Waals surface area contributed by atoms with Crippen LogP contribution in [0.15, 0.2) is 18.2 Å². The van der Waals surface area contributed by atoms with E-state index in [0.717, 1.165) is 18.2 Å². The van der Waals surface area contributed by atoms with Crippen molar-refractivity contribution in [2.45, 2.75) is 32.3 Å². The molecule has 3 nitrogen and oxygen atoms in total. The maximum atomic E-state index is 13.4. The Morgan fingerprint density at radius 1 is 1.37 bits per heavy atom. The van der Waals surface area contributed by atoms with Gasteiger partial charge in [0.15, 0.2) is 0 Å². The number of carbonyl (C=O) groups is 1. The van der Waals surface area contributed by atoms with Crippen LogP contribution >= 0.6 is 0 Å². The molecule has 1 aromatic rings. The van der Waals surface area contributed by atoms with Crippen molar-refractivity contribution in [3.05, 3.63) is 35.4 Å². The molecule has 0 aliphatic rings. The summed E-state index contributed by atoms with van der Waals surface area (Å²) in [5.74, 6) is -1.25. The number of halogens is 2. The van der Waals surface area contributed by atoms with Crippen molar-refractivity contribution in [1.82, 2.24) is 4.90 Å². The molecule has 0 unspecified atom stereocenters. The summed E-state index contributed by atoms with van der Waals surface area (Å²) in [6.07, 6.45) is 0.214. The minimum atomic E-state index is -0.978. The van der Waals surface area contributed by atoms with Gasteiger partial charge in [-0.2, -0.15) is 0 Å². The molecular formula is C14H19F2NO2. The SMILES string of the molecule is CN(CC(C)(C)O)C(=O)CCc1cc(F)ccc1F. The van der Waals surface area contributed by atoms with Crippen LogP contribution in [0.3, 0.4) is 0 Å². The normalized spacial score (nSPS) is 11.5. The van der Waals surface area contributed by atoms with Gasteiger partial charge in [-0.25, -0.2) is 8.78 Å². The summed E-state index contributed by atoms with van der Waals surface area (Å²) in [5, 5.41) is 9.60. The monoisotopic (exact) mass is 271 g/mol. The van der Waals surface area contributed by atoms with E-state index in [9.17, 15) is 18.7 Å². The molecule has 1 aromatic carbocycles. The van der Waals surface area contributed by atoms with E-state index in [2.05, 4.69) is 0 Å². The molecule has 0 aromatic heterocycles. The molecule has 5 heteroatoms. The first-order valence-electron chi connectivity index (χ1n) is 6.09. The summed E-state index contributed by atoms with van der Waals surface area (Å²) in [7, 11) is 1.57. The van der Waals surface area contributed by atoms with Crippen LogP contribution in [0.2, 0.25) is 0 Å². The van der Waals surface area contributed by atoms with Crippen LogP contribution in [0.4, 0.5) is 8.78 Å². The zero-order chi connectivity index (χ0) is 14.6. The lowest BCUT2D eigenvalue weighted by Crippen LogP contribution is -2.39. The highest BCUT2D eigenvalue weighted by Crippen LogP contribution is 2.13. The largest absolute Gasteiger partial charge is 0.389 e. The summed E-state index contributed by atoms with van der Waals surface area (Å²) in [5.41, 5.74) is -0.792. The predicted molar refractivity (Wildman–Crippen MR) is 68.6 cm³/mol. The third kappa shape index (κ3) is 5.34. The summed E-state index contributed by atoms with van der Waals surface area (Å²) in [4.78, 5) is 13.2. The predicted octanol–water partition coefficient (Wildman–Crippen LogP) is 2.13. The maximum Gasteiger partial charge on any atom is 0.222 e. The molecule has 0 saturated carbocycles. The van der Waals surface area contributed by atoms with Crippen LogP contribution in [-0.2, 0) is 11.2 Å². The molecule has 0 atom stereocenters. The highest BCUT2D eigenvalue weighted by Gasteiger charge is 2.19. The van der Waals surface area contributed by atoms with E-state index in [-0.39, 0.29) is 30.9 Å². The van der Waals surface area contributed by atoms with Crippen molar-refractivity contribution in [3.63, 3.8) is 0 Å². The topological polar surface area (TPSA) is 40.5 Å². The average Bonchev–Trinajstić information content (AvgIpc) is 2.27. The Morgan fingerprint density at radius 2 is 2.00 bits per heavy atom. The molecule has 0 spiro atoms. The number of carbonyl (C=O) groups excluding carboxylic acids is 1. The second-order valence-corrected chi connectivity index (χ2v) is 5.30. The first-order valence-corrected chi connectivity index (χ1v) is 6.09. The number of aliphatic hydroxyl groups is 1. The Labute approximate surface area is 111 Å². The van der Waals surface area contributed by atoms with Crippen LogP contribution < -0.4 is 0 Å². The summed E-state index contributed by atoms with van der Waals surface area (Å²) >= 11 is 0. The van der Waals surface area contributed by atoms with Crippen LogP contribution in [0.1, 0.15) is 25.8 Å². The van der Waals surface area contributed by atoms with Crippen molar-refractivity contribution >= 4 is 5.91 Å². The molecule has 0 saturated heterocycles. The molecule has 0 heterocycles. The molecule has 1 amide bonds. The van der Waals surface area contributed by atoms with Crippen molar-refractivity contribution in [1.29, 1.82) is 0 Å². The van der Waals surface area contributed by atoms with Gasteiger partial charge in [0, 0.05) is 20.0 Å². The number of hydrogen-bond donors (Lipinski definition) is 1. The average molecular weight is 271 g/mol. The van der Waals surface area contributed by atoms with Gasteiger partial charge in [-0.05, 0) is 44.0 Å². The number of likely N-dealkylation sites (N-methyl/N-ethyl adjacent to an activating group) is 1. The number of nitrogens with zero attached hydrogens (tertiary/aromatic N) is 1. The van der Waals surface area contributed by atoms with Gasteiger partial charge in [0.2, 0.25) is 5.91 Å². The zero-order valence-corrected chi connectivity index (χ0v) is 11.4. The number of rotatable bonds is 5. The van der Waals surface area contributed by atoms with E-state index in [1.165, 1.54) is 4.90 Å². The minimum Gasteiger partial charge on any atom is -0.389 e. The summed E-state index contributed by atoms with van der Waals surface area (Å²) in [6, 6.07) is 3.19. The van der Waals surface area contributed by atoms with Crippen molar-refractivity contribution in [2.24, 2.45) is 0 Å². The first kappa shape index (κ1) is 15.6. The Morgan fingerprint density at radius 3 is 2.58 bits per heavy atom. The van der Waals surface area contributed by atoms with Gasteiger partial charge < -0.3 is 10.0 Å². The van der Waals surface area contributed by atoms with Gasteiger partial charge in [-0.3, -0.25) is 4.79 Å². The number of amides is 1. The lowest BCUT2D eigenvalue weighted by molar-refractivity contribution is -0.132. The molecule has 0 aliphatic carbocycles. The van der Waals surface area contributed by atoms with Gasteiger partial charge in [0.25, 0.3) is 0 Å². The number of benzene rings is 1. The molecule has 1 rings (SSSR count). The maximum absolute atomic E-state index is 13.4. The molecule has 106 valence electrons. The van der Waals surface area contributed by atoms with Gasteiger partial charge >= 0.3 is 0 Å². The standard InChI is InChI=1S/C14H19F2NO2/c1-14(2,19)9-17(3)13(18)7-4-10-8-11(15)5-6-12(10)16/h5-6,8,19H,4,7,9H2,1-3H3. The summed E-state index contributed by atoms with van der Waals surface area (Å²) < 4.78 is 26.3. The molecule has 0 aliphatic heterocycles. The van der Waals surface area contributed by atoms with Crippen LogP contribution in [-0.4, -0.2) is 35.1 Å². The van der Waals surface area contributed by atoms with Crippen LogP contribution in [0.25, 0.3) is 0 Å². The van der Waals surface area contributed by atoms with E-state index >= 15 is 0 Å².